The van der Waals surface area contributed by atoms with Gasteiger partial charge in [-0.25, -0.2) is 0 Å². The Kier molecular flexibility index (Phi) is 7.12. The Labute approximate surface area is 177 Å². The number of non-ortho nitro benzene ring substituents is 1. The number of anilines is 1. The molecule has 158 valence electrons. The van der Waals surface area contributed by atoms with Gasteiger partial charge in [0, 0.05) is 17.7 Å². The van der Waals surface area contributed by atoms with E-state index >= 15 is 0 Å². The first-order chi connectivity index (χ1) is 14.0. The fourth-order valence-corrected chi connectivity index (χ4v) is 2.76. The molecular weight excluding hydrogens is 412 g/mol. The largest absolute Gasteiger partial charge is 0.350 e. The van der Waals surface area contributed by atoms with Gasteiger partial charge in [0.1, 0.15) is 0 Å². The van der Waals surface area contributed by atoms with Gasteiger partial charge >= 0.3 is 0 Å². The number of carbonyl (C=O) groups is 3. The van der Waals surface area contributed by atoms with E-state index in [0.717, 1.165) is 12.1 Å². The standard InChI is InChI=1S/C20H21ClN4O5/c1-20(2,3)24-17(26)11-22-18(27)14-6-4-5-7-16(14)23-19(28)13-9-8-12(25(29)30)10-15(13)21/h4-10H,11H2,1-3H3,(H,22,27)(H,23,28)(H,24,26). The lowest BCUT2D eigenvalue weighted by molar-refractivity contribution is -0.384. The van der Waals surface area contributed by atoms with Crippen LogP contribution in [0.5, 0.6) is 0 Å². The highest BCUT2D eigenvalue weighted by atomic mass is 35.5. The average Bonchev–Trinajstić information content (AvgIpc) is 2.65. The number of nitrogens with one attached hydrogen (secondary N) is 3. The second kappa shape index (κ2) is 9.36. The van der Waals surface area contributed by atoms with Gasteiger partial charge in [-0.15, -0.1) is 0 Å². The highest BCUT2D eigenvalue weighted by Crippen LogP contribution is 2.24. The third-order valence-corrected chi connectivity index (χ3v) is 4.06. The van der Waals surface area contributed by atoms with Gasteiger partial charge < -0.3 is 16.0 Å². The zero-order chi connectivity index (χ0) is 22.5. The third kappa shape index (κ3) is 6.28. The quantitative estimate of drug-likeness (QED) is 0.476. The first kappa shape index (κ1) is 22.8. The molecule has 0 aliphatic carbocycles. The lowest BCUT2D eigenvalue weighted by atomic mass is 10.1. The van der Waals surface area contributed by atoms with Crippen molar-refractivity contribution in [2.24, 2.45) is 0 Å². The first-order valence-corrected chi connectivity index (χ1v) is 9.29. The normalized spacial score (nSPS) is 10.8. The molecule has 0 aliphatic heterocycles. The fraction of sp³-hybridized carbons (Fsp3) is 0.250. The fourth-order valence-electron chi connectivity index (χ4n) is 2.50. The van der Waals surface area contributed by atoms with E-state index in [1.165, 1.54) is 18.2 Å². The predicted octanol–water partition coefficient (Wildman–Crippen LogP) is 3.15. The van der Waals surface area contributed by atoms with Gasteiger partial charge in [0.25, 0.3) is 17.5 Å². The first-order valence-electron chi connectivity index (χ1n) is 8.91. The molecule has 30 heavy (non-hydrogen) atoms. The zero-order valence-corrected chi connectivity index (χ0v) is 17.4. The van der Waals surface area contributed by atoms with Crippen molar-refractivity contribution in [3.63, 3.8) is 0 Å². The Bertz CT molecular complexity index is 1000. The molecule has 0 saturated carbocycles. The van der Waals surface area contributed by atoms with Crippen molar-refractivity contribution in [2.75, 3.05) is 11.9 Å². The van der Waals surface area contributed by atoms with Gasteiger partial charge in [0.2, 0.25) is 5.91 Å². The minimum atomic E-state index is -0.638. The summed E-state index contributed by atoms with van der Waals surface area (Å²) < 4.78 is 0. The van der Waals surface area contributed by atoms with Crippen LogP contribution in [0.3, 0.4) is 0 Å². The zero-order valence-electron chi connectivity index (χ0n) is 16.6. The Balaban J connectivity index is 2.13. The summed E-state index contributed by atoms with van der Waals surface area (Å²) in [5.74, 6) is -1.54. The Hall–Kier alpha value is -3.46. The summed E-state index contributed by atoms with van der Waals surface area (Å²) in [6.07, 6.45) is 0. The topological polar surface area (TPSA) is 130 Å². The van der Waals surface area contributed by atoms with Gasteiger partial charge in [-0.3, -0.25) is 24.5 Å². The van der Waals surface area contributed by atoms with Crippen LogP contribution < -0.4 is 16.0 Å². The highest BCUT2D eigenvalue weighted by Gasteiger charge is 2.19. The second-order valence-corrected chi connectivity index (χ2v) is 7.81. The van der Waals surface area contributed by atoms with Crippen LogP contribution in [0.1, 0.15) is 41.5 Å². The molecule has 0 atom stereocenters. The number of hydrogen-bond donors (Lipinski definition) is 3. The second-order valence-electron chi connectivity index (χ2n) is 7.40. The number of nitrogens with zero attached hydrogens (tertiary/aromatic N) is 1. The van der Waals surface area contributed by atoms with E-state index in [1.54, 1.807) is 12.1 Å². The summed E-state index contributed by atoms with van der Waals surface area (Å²) in [6.45, 7) is 5.23. The molecule has 0 fully saturated rings. The van der Waals surface area contributed by atoms with Crippen molar-refractivity contribution in [2.45, 2.75) is 26.3 Å². The van der Waals surface area contributed by atoms with Crippen LogP contribution in [0.25, 0.3) is 0 Å². The Morgan fingerprint density at radius 1 is 1.03 bits per heavy atom. The number of amides is 3. The maximum atomic E-state index is 12.6. The van der Waals surface area contributed by atoms with Gasteiger partial charge in [0.15, 0.2) is 0 Å². The smallest absolute Gasteiger partial charge is 0.270 e. The maximum Gasteiger partial charge on any atom is 0.270 e. The van der Waals surface area contributed by atoms with Gasteiger partial charge in [-0.05, 0) is 39.0 Å². The number of hydrogen-bond acceptors (Lipinski definition) is 5. The lowest BCUT2D eigenvalue weighted by Gasteiger charge is -2.20. The van der Waals surface area contributed by atoms with Crippen LogP contribution >= 0.6 is 11.6 Å². The van der Waals surface area contributed by atoms with Crippen molar-refractivity contribution in [3.05, 3.63) is 68.7 Å². The predicted molar refractivity (Wildman–Crippen MR) is 113 cm³/mol. The molecule has 0 unspecified atom stereocenters. The molecule has 2 aromatic rings. The van der Waals surface area contributed by atoms with E-state index in [9.17, 15) is 24.5 Å². The molecule has 0 saturated heterocycles. The summed E-state index contributed by atoms with van der Waals surface area (Å²) >= 11 is 5.99. The molecule has 10 heteroatoms. The Morgan fingerprint density at radius 2 is 1.70 bits per heavy atom. The maximum absolute atomic E-state index is 12.6. The average molecular weight is 433 g/mol. The van der Waals surface area contributed by atoms with E-state index in [0.29, 0.717) is 0 Å². The summed E-state index contributed by atoms with van der Waals surface area (Å²) in [6, 6.07) is 9.70. The molecule has 0 spiro atoms. The van der Waals surface area contributed by atoms with Crippen molar-refractivity contribution in [1.29, 1.82) is 0 Å². The number of rotatable bonds is 6. The number of nitro benzene ring substituents is 1. The minimum Gasteiger partial charge on any atom is -0.350 e. The molecule has 9 nitrogen and oxygen atoms in total. The van der Waals surface area contributed by atoms with Crippen LogP contribution in [0.4, 0.5) is 11.4 Å². The molecule has 0 aromatic heterocycles. The Morgan fingerprint density at radius 3 is 2.30 bits per heavy atom. The molecule has 2 aromatic carbocycles. The van der Waals surface area contributed by atoms with Crippen LogP contribution in [-0.2, 0) is 4.79 Å². The van der Waals surface area contributed by atoms with Gasteiger partial charge in [0.05, 0.1) is 33.3 Å². The number of halogens is 1. The van der Waals surface area contributed by atoms with Crippen LogP contribution in [0.2, 0.25) is 5.02 Å². The molecule has 3 N–H and O–H groups in total. The number of para-hydroxylation sites is 1. The van der Waals surface area contributed by atoms with Crippen molar-refractivity contribution < 1.29 is 19.3 Å². The SMILES string of the molecule is CC(C)(C)NC(=O)CNC(=O)c1ccccc1NC(=O)c1ccc([N+](=O)[O-])cc1Cl. The summed E-state index contributed by atoms with van der Waals surface area (Å²) in [5, 5.41) is 18.5. The monoisotopic (exact) mass is 432 g/mol. The number of benzene rings is 2. The molecule has 3 amide bonds. The van der Waals surface area contributed by atoms with Gasteiger partial charge in [-0.1, -0.05) is 23.7 Å². The number of carbonyl (C=O) groups excluding carboxylic acids is 3. The van der Waals surface area contributed by atoms with Crippen LogP contribution in [-0.4, -0.2) is 34.7 Å². The number of nitro groups is 1. The van der Waals surface area contributed by atoms with Crippen molar-refractivity contribution in [1.82, 2.24) is 10.6 Å². The van der Waals surface area contributed by atoms with Crippen LogP contribution in [0, 0.1) is 10.1 Å². The summed E-state index contributed by atoms with van der Waals surface area (Å²) in [5.41, 5.74) is -0.317. The third-order valence-electron chi connectivity index (χ3n) is 3.75. The van der Waals surface area contributed by atoms with Crippen molar-refractivity contribution >= 4 is 40.7 Å². The summed E-state index contributed by atoms with van der Waals surface area (Å²) in [7, 11) is 0. The van der Waals surface area contributed by atoms with E-state index < -0.39 is 22.3 Å². The lowest BCUT2D eigenvalue weighted by Crippen LogP contribution is -2.45. The molecule has 0 bridgehead atoms. The molecule has 0 aliphatic rings. The van der Waals surface area contributed by atoms with E-state index in [2.05, 4.69) is 16.0 Å². The van der Waals surface area contributed by atoms with Gasteiger partial charge in [-0.2, -0.15) is 0 Å². The molecule has 2 rings (SSSR count). The van der Waals surface area contributed by atoms with E-state index in [-0.39, 0.29) is 40.0 Å². The van der Waals surface area contributed by atoms with Crippen molar-refractivity contribution in [3.8, 4) is 0 Å². The molecule has 0 radical (unpaired) electrons. The van der Waals surface area contributed by atoms with E-state index in [1.807, 2.05) is 20.8 Å². The minimum absolute atomic E-state index is 0.0158. The molecule has 0 heterocycles. The molecular formula is C20H21ClN4O5. The van der Waals surface area contributed by atoms with Crippen LogP contribution in [0.15, 0.2) is 42.5 Å². The van der Waals surface area contributed by atoms with E-state index in [4.69, 9.17) is 11.6 Å². The summed E-state index contributed by atoms with van der Waals surface area (Å²) in [4.78, 5) is 47.1. The highest BCUT2D eigenvalue weighted by molar-refractivity contribution is 6.34.